The van der Waals surface area contributed by atoms with Crippen LogP contribution in [0.25, 0.3) is 0 Å². The second-order valence-corrected chi connectivity index (χ2v) is 2.97. The van der Waals surface area contributed by atoms with Crippen LogP contribution in [0.3, 0.4) is 0 Å². The lowest BCUT2D eigenvalue weighted by molar-refractivity contribution is 0.622. The van der Waals surface area contributed by atoms with E-state index < -0.39 is 0 Å². The quantitative estimate of drug-likeness (QED) is 0.340. The zero-order chi connectivity index (χ0) is 8.36. The summed E-state index contributed by atoms with van der Waals surface area (Å²) in [6.45, 7) is 5.66. The third-order valence-electron chi connectivity index (χ3n) is 1.53. The summed E-state index contributed by atoms with van der Waals surface area (Å²) in [5.74, 6) is 0.806. The molecule has 0 heterocycles. The van der Waals surface area contributed by atoms with Gasteiger partial charge >= 0.3 is 0 Å². The molecule has 0 atom stereocenters. The highest BCUT2D eigenvalue weighted by Crippen LogP contribution is 1.99. The minimum atomic E-state index is 0.806. The Morgan fingerprint density at radius 3 is 2.55 bits per heavy atom. The van der Waals surface area contributed by atoms with Gasteiger partial charge in [-0.25, -0.2) is 0 Å². The van der Waals surface area contributed by atoms with Crippen molar-refractivity contribution in [2.24, 2.45) is 0 Å². The topological polar surface area (TPSA) is 12.0 Å². The standard InChI is InChI=1S/C9H18ClN/c1-2-8-11-9-6-4-3-5-7-10/h2,11H,1,3-9H2. The van der Waals surface area contributed by atoms with Crippen LogP contribution < -0.4 is 5.32 Å². The molecule has 0 fully saturated rings. The van der Waals surface area contributed by atoms with E-state index in [1.54, 1.807) is 0 Å². The molecule has 1 nitrogen and oxygen atoms in total. The van der Waals surface area contributed by atoms with Crippen LogP contribution >= 0.6 is 11.6 Å². The minimum Gasteiger partial charge on any atom is -0.313 e. The van der Waals surface area contributed by atoms with Gasteiger partial charge < -0.3 is 5.32 Å². The van der Waals surface area contributed by atoms with Crippen molar-refractivity contribution in [2.45, 2.75) is 25.7 Å². The Morgan fingerprint density at radius 1 is 1.18 bits per heavy atom. The normalized spacial score (nSPS) is 9.91. The number of unbranched alkanes of at least 4 members (excludes halogenated alkanes) is 3. The number of nitrogens with one attached hydrogen (secondary N) is 1. The summed E-state index contributed by atoms with van der Waals surface area (Å²) < 4.78 is 0. The first-order chi connectivity index (χ1) is 5.41. The molecular formula is C9H18ClN. The summed E-state index contributed by atoms with van der Waals surface area (Å²) in [5.41, 5.74) is 0. The summed E-state index contributed by atoms with van der Waals surface area (Å²) in [4.78, 5) is 0. The fourth-order valence-electron chi connectivity index (χ4n) is 0.902. The Kier molecular flexibility index (Phi) is 9.98. The van der Waals surface area contributed by atoms with Crippen molar-refractivity contribution in [1.29, 1.82) is 0 Å². The van der Waals surface area contributed by atoms with Crippen molar-refractivity contribution < 1.29 is 0 Å². The minimum absolute atomic E-state index is 0.806. The van der Waals surface area contributed by atoms with E-state index in [9.17, 15) is 0 Å². The van der Waals surface area contributed by atoms with Crippen LogP contribution in [0.1, 0.15) is 25.7 Å². The predicted molar refractivity (Wildman–Crippen MR) is 52.3 cm³/mol. The van der Waals surface area contributed by atoms with E-state index >= 15 is 0 Å². The fraction of sp³-hybridized carbons (Fsp3) is 0.778. The lowest BCUT2D eigenvalue weighted by Crippen LogP contribution is -2.14. The van der Waals surface area contributed by atoms with Crippen molar-refractivity contribution in [3.05, 3.63) is 12.7 Å². The summed E-state index contributed by atoms with van der Waals surface area (Å²) in [6, 6.07) is 0. The molecule has 11 heavy (non-hydrogen) atoms. The van der Waals surface area contributed by atoms with Crippen molar-refractivity contribution in [3.63, 3.8) is 0 Å². The van der Waals surface area contributed by atoms with E-state index in [0.717, 1.165) is 25.4 Å². The van der Waals surface area contributed by atoms with Gasteiger partial charge in [0, 0.05) is 12.4 Å². The zero-order valence-electron chi connectivity index (χ0n) is 7.11. The van der Waals surface area contributed by atoms with Crippen LogP contribution in [0.15, 0.2) is 12.7 Å². The molecule has 66 valence electrons. The van der Waals surface area contributed by atoms with E-state index in [4.69, 9.17) is 11.6 Å². The molecule has 0 aliphatic heterocycles. The van der Waals surface area contributed by atoms with Gasteiger partial charge in [-0.1, -0.05) is 18.9 Å². The maximum Gasteiger partial charge on any atom is 0.0223 e. The third-order valence-corrected chi connectivity index (χ3v) is 1.79. The first-order valence-corrected chi connectivity index (χ1v) is 4.83. The maximum atomic E-state index is 5.54. The van der Waals surface area contributed by atoms with Crippen LogP contribution in [-0.4, -0.2) is 19.0 Å². The zero-order valence-corrected chi connectivity index (χ0v) is 7.87. The Bertz CT molecular complexity index is 83.6. The summed E-state index contributed by atoms with van der Waals surface area (Å²) in [6.07, 6.45) is 6.85. The van der Waals surface area contributed by atoms with Gasteiger partial charge in [0.15, 0.2) is 0 Å². The Labute approximate surface area is 74.8 Å². The number of hydrogen-bond acceptors (Lipinski definition) is 1. The van der Waals surface area contributed by atoms with Gasteiger partial charge in [0.05, 0.1) is 0 Å². The van der Waals surface area contributed by atoms with Gasteiger partial charge in [-0.2, -0.15) is 0 Å². The van der Waals surface area contributed by atoms with E-state index in [1.807, 2.05) is 6.08 Å². The third kappa shape index (κ3) is 9.99. The fourth-order valence-corrected chi connectivity index (χ4v) is 1.09. The first-order valence-electron chi connectivity index (χ1n) is 4.29. The van der Waals surface area contributed by atoms with Crippen molar-refractivity contribution in [3.8, 4) is 0 Å². The first kappa shape index (κ1) is 11.0. The van der Waals surface area contributed by atoms with E-state index in [0.29, 0.717) is 0 Å². The number of halogens is 1. The van der Waals surface area contributed by atoms with Crippen LogP contribution in [0.5, 0.6) is 0 Å². The lowest BCUT2D eigenvalue weighted by Gasteiger charge is -2.00. The molecule has 1 N–H and O–H groups in total. The van der Waals surface area contributed by atoms with Gasteiger partial charge in [0.1, 0.15) is 0 Å². The second kappa shape index (κ2) is 9.99. The molecule has 0 saturated carbocycles. The summed E-state index contributed by atoms with van der Waals surface area (Å²) in [7, 11) is 0. The SMILES string of the molecule is C=CCNCCCCCCCl. The van der Waals surface area contributed by atoms with E-state index in [1.165, 1.54) is 19.3 Å². The molecule has 0 aliphatic rings. The van der Waals surface area contributed by atoms with Crippen LogP contribution in [0.2, 0.25) is 0 Å². The molecule has 0 aliphatic carbocycles. The molecule has 0 unspecified atom stereocenters. The number of hydrogen-bond donors (Lipinski definition) is 1. The van der Waals surface area contributed by atoms with Crippen molar-refractivity contribution in [2.75, 3.05) is 19.0 Å². The number of alkyl halides is 1. The Hall–Kier alpha value is -0.0100. The molecule has 2 heteroatoms. The highest BCUT2D eigenvalue weighted by molar-refractivity contribution is 6.17. The van der Waals surface area contributed by atoms with Gasteiger partial charge in [-0.05, 0) is 19.4 Å². The van der Waals surface area contributed by atoms with Gasteiger partial charge in [-0.15, -0.1) is 18.2 Å². The van der Waals surface area contributed by atoms with E-state index in [-0.39, 0.29) is 0 Å². The second-order valence-electron chi connectivity index (χ2n) is 2.60. The lowest BCUT2D eigenvalue weighted by atomic mass is 10.2. The van der Waals surface area contributed by atoms with Crippen molar-refractivity contribution >= 4 is 11.6 Å². The molecule has 0 aromatic heterocycles. The van der Waals surface area contributed by atoms with Crippen LogP contribution in [-0.2, 0) is 0 Å². The Morgan fingerprint density at radius 2 is 1.91 bits per heavy atom. The Balaban J connectivity index is 2.74. The van der Waals surface area contributed by atoms with Gasteiger partial charge in [-0.3, -0.25) is 0 Å². The van der Waals surface area contributed by atoms with Crippen molar-refractivity contribution in [1.82, 2.24) is 5.32 Å². The van der Waals surface area contributed by atoms with Crippen LogP contribution in [0.4, 0.5) is 0 Å². The average Bonchev–Trinajstić information content (AvgIpc) is 2.03. The molecule has 0 saturated heterocycles. The van der Waals surface area contributed by atoms with Gasteiger partial charge in [0.25, 0.3) is 0 Å². The average molecular weight is 176 g/mol. The van der Waals surface area contributed by atoms with Crippen LogP contribution in [0, 0.1) is 0 Å². The monoisotopic (exact) mass is 175 g/mol. The molecule has 0 bridgehead atoms. The summed E-state index contributed by atoms with van der Waals surface area (Å²) >= 11 is 5.54. The molecular weight excluding hydrogens is 158 g/mol. The smallest absolute Gasteiger partial charge is 0.0223 e. The highest BCUT2D eigenvalue weighted by Gasteiger charge is 1.87. The summed E-state index contributed by atoms with van der Waals surface area (Å²) in [5, 5.41) is 3.26. The predicted octanol–water partition coefficient (Wildman–Crippen LogP) is 2.56. The molecule has 0 spiro atoms. The number of rotatable bonds is 8. The van der Waals surface area contributed by atoms with E-state index in [2.05, 4.69) is 11.9 Å². The largest absolute Gasteiger partial charge is 0.313 e. The molecule has 0 rings (SSSR count). The van der Waals surface area contributed by atoms with Gasteiger partial charge in [0.2, 0.25) is 0 Å². The molecule has 0 aromatic carbocycles. The molecule has 0 amide bonds. The molecule has 0 aromatic rings. The maximum absolute atomic E-state index is 5.54. The molecule has 0 radical (unpaired) electrons. The highest BCUT2D eigenvalue weighted by atomic mass is 35.5.